The number of rotatable bonds is 2. The van der Waals surface area contributed by atoms with E-state index in [1.165, 1.54) is 0 Å². The largest absolute Gasteiger partial charge is 0.322 e. The Labute approximate surface area is 73.5 Å². The SMILES string of the molecule is NC(CF)c1ccc(Br)cc1. The number of hydrogen-bond acceptors (Lipinski definition) is 1. The highest BCUT2D eigenvalue weighted by atomic mass is 79.9. The molecule has 0 aliphatic carbocycles. The fourth-order valence-electron chi connectivity index (χ4n) is 0.799. The van der Waals surface area contributed by atoms with Crippen LogP contribution in [0, 0.1) is 0 Å². The Morgan fingerprint density at radius 1 is 1.36 bits per heavy atom. The van der Waals surface area contributed by atoms with Gasteiger partial charge in [0.1, 0.15) is 6.67 Å². The van der Waals surface area contributed by atoms with Gasteiger partial charge in [0.2, 0.25) is 0 Å². The summed E-state index contributed by atoms with van der Waals surface area (Å²) in [6, 6.07) is 6.85. The van der Waals surface area contributed by atoms with Gasteiger partial charge in [0, 0.05) is 4.47 Å². The van der Waals surface area contributed by atoms with Crippen LogP contribution in [0.4, 0.5) is 4.39 Å². The van der Waals surface area contributed by atoms with Crippen LogP contribution >= 0.6 is 15.9 Å². The molecule has 0 amide bonds. The van der Waals surface area contributed by atoms with Crippen LogP contribution in [0.25, 0.3) is 0 Å². The van der Waals surface area contributed by atoms with Crippen LogP contribution in [-0.2, 0) is 0 Å². The van der Waals surface area contributed by atoms with Crippen molar-refractivity contribution in [2.75, 3.05) is 6.67 Å². The molecular formula is C8H9BrFN. The summed E-state index contributed by atoms with van der Waals surface area (Å²) in [6.45, 7) is -0.512. The Kier molecular flexibility index (Phi) is 3.02. The second kappa shape index (κ2) is 3.83. The summed E-state index contributed by atoms with van der Waals surface area (Å²) in [7, 11) is 0. The summed E-state index contributed by atoms with van der Waals surface area (Å²) in [5, 5.41) is 0. The minimum atomic E-state index is -0.512. The molecule has 11 heavy (non-hydrogen) atoms. The van der Waals surface area contributed by atoms with Gasteiger partial charge in [-0.25, -0.2) is 4.39 Å². The maximum absolute atomic E-state index is 12.0. The van der Waals surface area contributed by atoms with Crippen molar-refractivity contribution in [3.63, 3.8) is 0 Å². The number of nitrogens with two attached hydrogens (primary N) is 1. The van der Waals surface area contributed by atoms with E-state index < -0.39 is 12.7 Å². The molecule has 1 unspecified atom stereocenters. The molecule has 3 heteroatoms. The van der Waals surface area contributed by atoms with Crippen LogP contribution in [0.2, 0.25) is 0 Å². The molecule has 1 aromatic rings. The summed E-state index contributed by atoms with van der Waals surface area (Å²) in [5.74, 6) is 0. The predicted octanol–water partition coefficient (Wildman–Crippen LogP) is 2.42. The van der Waals surface area contributed by atoms with Crippen LogP contribution in [0.3, 0.4) is 0 Å². The van der Waals surface area contributed by atoms with Crippen molar-refractivity contribution in [3.8, 4) is 0 Å². The predicted molar refractivity (Wildman–Crippen MR) is 47.0 cm³/mol. The standard InChI is InChI=1S/C8H9BrFN/c9-7-3-1-6(2-4-7)8(11)5-10/h1-4,8H,5,11H2. The Bertz CT molecular complexity index is 222. The third kappa shape index (κ3) is 2.27. The Hall–Kier alpha value is -0.410. The number of alkyl halides is 1. The molecule has 1 aromatic carbocycles. The van der Waals surface area contributed by atoms with Crippen LogP contribution < -0.4 is 5.73 Å². The molecule has 0 bridgehead atoms. The summed E-state index contributed by atoms with van der Waals surface area (Å²) in [6.07, 6.45) is 0. The van der Waals surface area contributed by atoms with E-state index in [0.29, 0.717) is 0 Å². The summed E-state index contributed by atoms with van der Waals surface area (Å²) < 4.78 is 13.0. The van der Waals surface area contributed by atoms with Gasteiger partial charge in [-0.2, -0.15) is 0 Å². The van der Waals surface area contributed by atoms with Crippen LogP contribution in [-0.4, -0.2) is 6.67 Å². The van der Waals surface area contributed by atoms with Gasteiger partial charge in [-0.15, -0.1) is 0 Å². The highest BCUT2D eigenvalue weighted by molar-refractivity contribution is 9.10. The average molecular weight is 218 g/mol. The summed E-state index contributed by atoms with van der Waals surface area (Å²) in [4.78, 5) is 0. The number of benzene rings is 1. The zero-order valence-corrected chi connectivity index (χ0v) is 7.51. The van der Waals surface area contributed by atoms with Gasteiger partial charge in [-0.1, -0.05) is 28.1 Å². The van der Waals surface area contributed by atoms with Crippen molar-refractivity contribution in [2.45, 2.75) is 6.04 Å². The lowest BCUT2D eigenvalue weighted by molar-refractivity contribution is 0.437. The minimum Gasteiger partial charge on any atom is -0.322 e. The molecule has 0 aliphatic rings. The van der Waals surface area contributed by atoms with Crippen molar-refractivity contribution >= 4 is 15.9 Å². The first kappa shape index (κ1) is 8.68. The fourth-order valence-corrected chi connectivity index (χ4v) is 1.06. The van der Waals surface area contributed by atoms with Gasteiger partial charge < -0.3 is 5.73 Å². The molecule has 0 heterocycles. The van der Waals surface area contributed by atoms with E-state index in [2.05, 4.69) is 15.9 Å². The second-order valence-electron chi connectivity index (χ2n) is 2.31. The first-order valence-corrected chi connectivity index (χ1v) is 4.10. The molecule has 0 saturated heterocycles. The monoisotopic (exact) mass is 217 g/mol. The van der Waals surface area contributed by atoms with Gasteiger partial charge in [-0.05, 0) is 17.7 Å². The lowest BCUT2D eigenvalue weighted by atomic mass is 10.1. The van der Waals surface area contributed by atoms with Crippen molar-refractivity contribution in [1.29, 1.82) is 0 Å². The Morgan fingerprint density at radius 2 is 1.91 bits per heavy atom. The molecule has 0 aromatic heterocycles. The molecular weight excluding hydrogens is 209 g/mol. The molecule has 1 rings (SSSR count). The van der Waals surface area contributed by atoms with E-state index in [0.717, 1.165) is 10.0 Å². The first-order chi connectivity index (χ1) is 5.24. The molecule has 2 N–H and O–H groups in total. The lowest BCUT2D eigenvalue weighted by Gasteiger charge is -2.05. The van der Waals surface area contributed by atoms with Crippen LogP contribution in [0.15, 0.2) is 28.7 Å². The van der Waals surface area contributed by atoms with Crippen molar-refractivity contribution in [2.24, 2.45) is 5.73 Å². The van der Waals surface area contributed by atoms with Crippen molar-refractivity contribution in [1.82, 2.24) is 0 Å². The minimum absolute atomic E-state index is 0.483. The Balaban J connectivity index is 2.81. The van der Waals surface area contributed by atoms with Crippen LogP contribution in [0.5, 0.6) is 0 Å². The van der Waals surface area contributed by atoms with Gasteiger partial charge in [0.05, 0.1) is 6.04 Å². The number of hydrogen-bond donors (Lipinski definition) is 1. The van der Waals surface area contributed by atoms with E-state index in [9.17, 15) is 4.39 Å². The van der Waals surface area contributed by atoms with Gasteiger partial charge in [-0.3, -0.25) is 0 Å². The van der Waals surface area contributed by atoms with Crippen molar-refractivity contribution < 1.29 is 4.39 Å². The first-order valence-electron chi connectivity index (χ1n) is 3.31. The molecule has 0 fully saturated rings. The third-order valence-electron chi connectivity index (χ3n) is 1.46. The van der Waals surface area contributed by atoms with E-state index in [-0.39, 0.29) is 0 Å². The molecule has 1 atom stereocenters. The highest BCUT2D eigenvalue weighted by Gasteiger charge is 2.03. The van der Waals surface area contributed by atoms with Crippen LogP contribution in [0.1, 0.15) is 11.6 Å². The maximum atomic E-state index is 12.0. The zero-order chi connectivity index (χ0) is 8.27. The fraction of sp³-hybridized carbons (Fsp3) is 0.250. The molecule has 0 radical (unpaired) electrons. The van der Waals surface area contributed by atoms with E-state index in [1.54, 1.807) is 0 Å². The highest BCUT2D eigenvalue weighted by Crippen LogP contribution is 2.15. The third-order valence-corrected chi connectivity index (χ3v) is 1.99. The zero-order valence-electron chi connectivity index (χ0n) is 5.93. The topological polar surface area (TPSA) is 26.0 Å². The van der Waals surface area contributed by atoms with Gasteiger partial charge >= 0.3 is 0 Å². The second-order valence-corrected chi connectivity index (χ2v) is 3.23. The van der Waals surface area contributed by atoms with E-state index >= 15 is 0 Å². The van der Waals surface area contributed by atoms with E-state index in [1.807, 2.05) is 24.3 Å². The number of halogens is 2. The van der Waals surface area contributed by atoms with Gasteiger partial charge in [0.15, 0.2) is 0 Å². The molecule has 0 spiro atoms. The smallest absolute Gasteiger partial charge is 0.109 e. The van der Waals surface area contributed by atoms with Crippen molar-refractivity contribution in [3.05, 3.63) is 34.3 Å². The summed E-state index contributed by atoms with van der Waals surface area (Å²) >= 11 is 3.28. The Morgan fingerprint density at radius 3 is 2.36 bits per heavy atom. The molecule has 0 saturated carbocycles. The molecule has 60 valence electrons. The van der Waals surface area contributed by atoms with Gasteiger partial charge in [0.25, 0.3) is 0 Å². The maximum Gasteiger partial charge on any atom is 0.109 e. The molecule has 1 nitrogen and oxygen atoms in total. The molecule has 0 aliphatic heterocycles. The quantitative estimate of drug-likeness (QED) is 0.810. The normalized spacial score (nSPS) is 13.0. The lowest BCUT2D eigenvalue weighted by Crippen LogP contribution is -2.11. The average Bonchev–Trinajstić information content (AvgIpc) is 2.05. The summed E-state index contributed by atoms with van der Waals surface area (Å²) in [5.41, 5.74) is 6.28. The van der Waals surface area contributed by atoms with E-state index in [4.69, 9.17) is 5.73 Å².